The predicted molar refractivity (Wildman–Crippen MR) is 61.4 cm³/mol. The van der Waals surface area contributed by atoms with E-state index >= 15 is 0 Å². The van der Waals surface area contributed by atoms with Crippen molar-refractivity contribution in [1.82, 2.24) is 4.90 Å². The zero-order valence-corrected chi connectivity index (χ0v) is 9.84. The second kappa shape index (κ2) is 4.53. The summed E-state index contributed by atoms with van der Waals surface area (Å²) in [5.74, 6) is 0.914. The Hall–Kier alpha value is -0.550. The Balaban J connectivity index is 1.82. The first-order valence-corrected chi connectivity index (χ1v) is 6.37. The Morgan fingerprint density at radius 3 is 2.87 bits per heavy atom. The van der Waals surface area contributed by atoms with Crippen LogP contribution in [-0.2, 0) is 0 Å². The number of nitrogens with zero attached hydrogens (tertiary/aromatic N) is 2. The molecule has 2 heteroatoms. The molecule has 0 amide bonds. The largest absolute Gasteiger partial charge is 0.302 e. The van der Waals surface area contributed by atoms with E-state index in [2.05, 4.69) is 17.9 Å². The van der Waals surface area contributed by atoms with Crippen LogP contribution < -0.4 is 0 Å². The van der Waals surface area contributed by atoms with Gasteiger partial charge in [0.15, 0.2) is 0 Å². The van der Waals surface area contributed by atoms with Crippen molar-refractivity contribution < 1.29 is 0 Å². The van der Waals surface area contributed by atoms with Gasteiger partial charge in [0, 0.05) is 19.5 Å². The van der Waals surface area contributed by atoms with E-state index < -0.39 is 0 Å². The molecule has 1 unspecified atom stereocenters. The van der Waals surface area contributed by atoms with Gasteiger partial charge in [-0.15, -0.1) is 0 Å². The van der Waals surface area contributed by atoms with Crippen molar-refractivity contribution in [3.05, 3.63) is 0 Å². The first kappa shape index (κ1) is 11.0. The van der Waals surface area contributed by atoms with Crippen molar-refractivity contribution in [2.24, 2.45) is 11.3 Å². The minimum Gasteiger partial charge on any atom is -0.302 e. The fourth-order valence-corrected chi connectivity index (χ4v) is 2.84. The normalized spacial score (nSPS) is 29.7. The lowest BCUT2D eigenvalue weighted by Gasteiger charge is -2.34. The molecule has 1 saturated heterocycles. The molecule has 2 aliphatic rings. The smallest absolute Gasteiger partial charge is 0.0628 e. The lowest BCUT2D eigenvalue weighted by molar-refractivity contribution is 0.143. The Morgan fingerprint density at radius 1 is 1.47 bits per heavy atom. The summed E-state index contributed by atoms with van der Waals surface area (Å²) in [5.41, 5.74) is 0.407. The molecule has 2 nitrogen and oxygen atoms in total. The average Bonchev–Trinajstić information content (AvgIpc) is 2.99. The molecule has 1 heterocycles. The fraction of sp³-hybridized carbons (Fsp3) is 0.923. The Labute approximate surface area is 93.3 Å². The van der Waals surface area contributed by atoms with Crippen molar-refractivity contribution in [3.8, 4) is 6.07 Å². The van der Waals surface area contributed by atoms with Gasteiger partial charge in [-0.2, -0.15) is 5.26 Å². The second-order valence-electron chi connectivity index (χ2n) is 5.49. The highest BCUT2D eigenvalue weighted by Gasteiger charge is 2.43. The monoisotopic (exact) mass is 206 g/mol. The molecule has 2 rings (SSSR count). The lowest BCUT2D eigenvalue weighted by atomic mass is 9.93. The van der Waals surface area contributed by atoms with Gasteiger partial charge >= 0.3 is 0 Å². The number of hydrogen-bond acceptors (Lipinski definition) is 2. The maximum absolute atomic E-state index is 8.80. The summed E-state index contributed by atoms with van der Waals surface area (Å²) in [5, 5.41) is 8.80. The Kier molecular flexibility index (Phi) is 3.31. The number of nitriles is 1. The molecule has 1 atom stereocenters. The van der Waals surface area contributed by atoms with E-state index in [1.165, 1.54) is 51.7 Å². The molecular formula is C13H22N2. The number of hydrogen-bond donors (Lipinski definition) is 0. The van der Waals surface area contributed by atoms with Crippen LogP contribution in [0.1, 0.15) is 45.4 Å². The van der Waals surface area contributed by atoms with Crippen molar-refractivity contribution in [2.45, 2.75) is 45.4 Å². The van der Waals surface area contributed by atoms with Crippen molar-refractivity contribution in [3.63, 3.8) is 0 Å². The quantitative estimate of drug-likeness (QED) is 0.707. The second-order valence-corrected chi connectivity index (χ2v) is 5.49. The van der Waals surface area contributed by atoms with Crippen LogP contribution in [0, 0.1) is 22.7 Å². The average molecular weight is 206 g/mol. The molecule has 1 aliphatic carbocycles. The summed E-state index contributed by atoms with van der Waals surface area (Å²) in [7, 11) is 0. The van der Waals surface area contributed by atoms with Crippen LogP contribution in [0.3, 0.4) is 0 Å². The van der Waals surface area contributed by atoms with Gasteiger partial charge in [-0.1, -0.05) is 13.3 Å². The predicted octanol–water partition coefficient (Wildman–Crippen LogP) is 2.80. The Bertz CT molecular complexity index is 250. The van der Waals surface area contributed by atoms with Crippen molar-refractivity contribution in [1.29, 1.82) is 5.26 Å². The van der Waals surface area contributed by atoms with E-state index in [4.69, 9.17) is 5.26 Å². The maximum Gasteiger partial charge on any atom is 0.0628 e. The van der Waals surface area contributed by atoms with Crippen molar-refractivity contribution >= 4 is 0 Å². The van der Waals surface area contributed by atoms with E-state index in [0.717, 1.165) is 12.3 Å². The molecule has 0 aromatic rings. The lowest BCUT2D eigenvalue weighted by Crippen LogP contribution is -2.38. The van der Waals surface area contributed by atoms with Gasteiger partial charge in [-0.3, -0.25) is 0 Å². The van der Waals surface area contributed by atoms with E-state index in [-0.39, 0.29) is 0 Å². The zero-order valence-electron chi connectivity index (χ0n) is 9.84. The van der Waals surface area contributed by atoms with E-state index in [9.17, 15) is 0 Å². The molecule has 0 spiro atoms. The standard InChI is InChI=1S/C13H22N2/c1-2-12-4-3-9-15(10-12)11-13(5-6-13)7-8-14/h12H,2-7,9-11H2,1H3. The van der Waals surface area contributed by atoms with Gasteiger partial charge in [0.05, 0.1) is 6.07 Å². The topological polar surface area (TPSA) is 27.0 Å². The zero-order chi connectivity index (χ0) is 10.7. The summed E-state index contributed by atoms with van der Waals surface area (Å²) in [6.45, 7) is 6.04. The van der Waals surface area contributed by atoms with Gasteiger partial charge < -0.3 is 4.90 Å². The molecule has 0 aromatic heterocycles. The molecule has 1 saturated carbocycles. The molecular weight excluding hydrogens is 184 g/mol. The third-order valence-electron chi connectivity index (χ3n) is 4.15. The highest BCUT2D eigenvalue weighted by Crippen LogP contribution is 2.49. The van der Waals surface area contributed by atoms with Crippen molar-refractivity contribution in [2.75, 3.05) is 19.6 Å². The number of rotatable bonds is 4. The SMILES string of the molecule is CCC1CCCN(CC2(CC#N)CC2)C1. The van der Waals surface area contributed by atoms with E-state index in [1.807, 2.05) is 0 Å². The Morgan fingerprint density at radius 2 is 2.27 bits per heavy atom. The molecule has 0 radical (unpaired) electrons. The number of piperidine rings is 1. The maximum atomic E-state index is 8.80. The van der Waals surface area contributed by atoms with Crippen LogP contribution in [0.5, 0.6) is 0 Å². The number of likely N-dealkylation sites (tertiary alicyclic amines) is 1. The first-order chi connectivity index (χ1) is 7.28. The van der Waals surface area contributed by atoms with Gasteiger partial charge in [0.1, 0.15) is 0 Å². The summed E-state index contributed by atoms with van der Waals surface area (Å²) in [6, 6.07) is 2.36. The van der Waals surface area contributed by atoms with E-state index in [1.54, 1.807) is 0 Å². The molecule has 84 valence electrons. The molecule has 0 bridgehead atoms. The third kappa shape index (κ3) is 2.72. The summed E-state index contributed by atoms with van der Waals surface area (Å²) in [4.78, 5) is 2.61. The summed E-state index contributed by atoms with van der Waals surface area (Å²) in [6.07, 6.45) is 7.45. The van der Waals surface area contributed by atoms with Crippen LogP contribution in [0.4, 0.5) is 0 Å². The van der Waals surface area contributed by atoms with Crippen LogP contribution in [0.15, 0.2) is 0 Å². The molecule has 15 heavy (non-hydrogen) atoms. The molecule has 0 N–H and O–H groups in total. The van der Waals surface area contributed by atoms with Crippen LogP contribution in [0.2, 0.25) is 0 Å². The van der Waals surface area contributed by atoms with Gasteiger partial charge in [0.2, 0.25) is 0 Å². The van der Waals surface area contributed by atoms with Crippen LogP contribution in [0.25, 0.3) is 0 Å². The minimum atomic E-state index is 0.407. The van der Waals surface area contributed by atoms with Gasteiger partial charge in [0.25, 0.3) is 0 Å². The molecule has 0 aromatic carbocycles. The van der Waals surface area contributed by atoms with E-state index in [0.29, 0.717) is 5.41 Å². The fourth-order valence-electron chi connectivity index (χ4n) is 2.84. The van der Waals surface area contributed by atoms with Gasteiger partial charge in [-0.05, 0) is 43.6 Å². The minimum absolute atomic E-state index is 0.407. The van der Waals surface area contributed by atoms with Crippen LogP contribution in [-0.4, -0.2) is 24.5 Å². The highest BCUT2D eigenvalue weighted by atomic mass is 15.1. The summed E-state index contributed by atoms with van der Waals surface area (Å²) < 4.78 is 0. The third-order valence-corrected chi connectivity index (χ3v) is 4.15. The van der Waals surface area contributed by atoms with Crippen LogP contribution >= 0.6 is 0 Å². The molecule has 1 aliphatic heterocycles. The highest BCUT2D eigenvalue weighted by molar-refractivity contribution is 5.01. The van der Waals surface area contributed by atoms with Gasteiger partial charge in [-0.25, -0.2) is 0 Å². The first-order valence-electron chi connectivity index (χ1n) is 6.37. The molecule has 2 fully saturated rings. The summed E-state index contributed by atoms with van der Waals surface area (Å²) >= 11 is 0.